The van der Waals surface area contributed by atoms with Gasteiger partial charge in [-0.2, -0.15) is 0 Å². The third-order valence-electron chi connectivity index (χ3n) is 7.52. The molecule has 1 N–H and O–H groups in total. The summed E-state index contributed by atoms with van der Waals surface area (Å²) in [5.74, 6) is 0.693. The number of halogens is 2. The highest BCUT2D eigenvalue weighted by molar-refractivity contribution is 6.32. The number of carbonyl (C=O) groups excluding carboxylic acids is 2. The zero-order valence-corrected chi connectivity index (χ0v) is 24.0. The fourth-order valence-corrected chi connectivity index (χ4v) is 6.22. The minimum Gasteiger partial charge on any atom is -0.496 e. The van der Waals surface area contributed by atoms with Crippen LogP contribution in [0.1, 0.15) is 47.2 Å². The molecule has 1 spiro atoms. The molecule has 0 unspecified atom stereocenters. The summed E-state index contributed by atoms with van der Waals surface area (Å²) in [7, 11) is 3.13. The van der Waals surface area contributed by atoms with E-state index in [1.165, 1.54) is 4.90 Å². The van der Waals surface area contributed by atoms with Crippen molar-refractivity contribution >= 4 is 46.4 Å². The Bertz CT molecular complexity index is 1710. The molecule has 4 aromatic rings. The number of nitrogens with one attached hydrogen (secondary N) is 1. The maximum Gasteiger partial charge on any atom is 0.280 e. The molecule has 3 heterocycles. The lowest BCUT2D eigenvalue weighted by Crippen LogP contribution is -2.51. The highest BCUT2D eigenvalue weighted by Gasteiger charge is 2.64. The molecule has 204 valence electrons. The molecule has 6 rings (SSSR count). The van der Waals surface area contributed by atoms with Crippen LogP contribution < -0.4 is 19.7 Å². The summed E-state index contributed by atoms with van der Waals surface area (Å²) in [5.41, 5.74) is 2.03. The fourth-order valence-electron chi connectivity index (χ4n) is 5.88. The lowest BCUT2D eigenvalue weighted by atomic mass is 9.86. The van der Waals surface area contributed by atoms with Crippen LogP contribution in [0.15, 0.2) is 54.6 Å². The Kier molecular flexibility index (Phi) is 6.09. The highest BCUT2D eigenvalue weighted by Crippen LogP contribution is 2.55. The average Bonchev–Trinajstić information content (AvgIpc) is 3.53. The van der Waals surface area contributed by atoms with Gasteiger partial charge in [-0.25, -0.2) is 4.98 Å². The van der Waals surface area contributed by atoms with Crippen LogP contribution in [0, 0.1) is 6.92 Å². The average molecular weight is 577 g/mol. The topological polar surface area (TPSA) is 85.7 Å². The monoisotopic (exact) mass is 576 g/mol. The van der Waals surface area contributed by atoms with E-state index < -0.39 is 17.4 Å². The Morgan fingerprint density at radius 3 is 2.25 bits per heavy atom. The van der Waals surface area contributed by atoms with E-state index >= 15 is 0 Å². The molecule has 40 heavy (non-hydrogen) atoms. The number of hydrogen-bond donors (Lipinski definition) is 1. The fraction of sp³-hybridized carbons (Fsp3) is 0.233. The zero-order chi connectivity index (χ0) is 28.5. The van der Waals surface area contributed by atoms with E-state index in [1.807, 2.05) is 37.5 Å². The molecule has 2 aliphatic heterocycles. The zero-order valence-electron chi connectivity index (χ0n) is 22.5. The number of hydrogen-bond acceptors (Lipinski definition) is 5. The van der Waals surface area contributed by atoms with Crippen molar-refractivity contribution in [2.45, 2.75) is 32.4 Å². The number of nitrogens with zero attached hydrogens (tertiary/aromatic N) is 3. The second-order valence-corrected chi connectivity index (χ2v) is 10.9. The molecule has 0 radical (unpaired) electrons. The summed E-state index contributed by atoms with van der Waals surface area (Å²) in [5, 5.41) is 3.89. The molecule has 2 amide bonds. The molecular formula is C30H26Cl2N4O4. The first kappa shape index (κ1) is 26.2. The molecule has 1 aromatic heterocycles. The van der Waals surface area contributed by atoms with Gasteiger partial charge in [-0.15, -0.1) is 0 Å². The Labute approximate surface area is 241 Å². The molecule has 0 fully saturated rings. The lowest BCUT2D eigenvalue weighted by Gasteiger charge is -2.36. The smallest absolute Gasteiger partial charge is 0.280 e. The molecule has 0 aliphatic carbocycles. The SMILES string of the molecule is COc1cccc(OC)c1-c1nc2c(n1C(C)C)[C@@]1(C(=O)Nc3cc(Cl)ccc31)N(c1cc(Cl)ccc1C)C2=O. The molecule has 10 heteroatoms. The van der Waals surface area contributed by atoms with E-state index in [-0.39, 0.29) is 11.7 Å². The molecule has 0 saturated carbocycles. The standard InChI is InChI=1S/C30H26Cl2N4O4/c1-15(2)35-26-25(34-27(35)24-22(39-4)7-6-8-23(24)40-5)28(37)36(21-14-18(32)10-9-16(21)3)30(26)19-12-11-17(31)13-20(19)33-29(30)38/h6-15H,1-5H3,(H,33,38)/t30-/m0/s1. The maximum atomic E-state index is 14.5. The van der Waals surface area contributed by atoms with Crippen molar-refractivity contribution in [2.75, 3.05) is 24.4 Å². The molecular weight excluding hydrogens is 551 g/mol. The van der Waals surface area contributed by atoms with E-state index in [4.69, 9.17) is 37.7 Å². The minimum absolute atomic E-state index is 0.161. The van der Waals surface area contributed by atoms with Crippen molar-refractivity contribution in [3.05, 3.63) is 87.2 Å². The van der Waals surface area contributed by atoms with E-state index in [1.54, 1.807) is 56.7 Å². The largest absolute Gasteiger partial charge is 0.496 e. The lowest BCUT2D eigenvalue weighted by molar-refractivity contribution is -0.119. The number of rotatable bonds is 5. The van der Waals surface area contributed by atoms with Gasteiger partial charge in [0, 0.05) is 27.3 Å². The minimum atomic E-state index is -1.58. The number of methoxy groups -OCH3 is 2. The molecule has 8 nitrogen and oxygen atoms in total. The predicted molar refractivity (Wildman–Crippen MR) is 155 cm³/mol. The van der Waals surface area contributed by atoms with Gasteiger partial charge in [0.15, 0.2) is 11.2 Å². The second-order valence-electron chi connectivity index (χ2n) is 10.1. The quantitative estimate of drug-likeness (QED) is 0.288. The van der Waals surface area contributed by atoms with Crippen LogP contribution in [-0.2, 0) is 10.3 Å². The van der Waals surface area contributed by atoms with E-state index in [0.717, 1.165) is 5.56 Å². The van der Waals surface area contributed by atoms with Crippen LogP contribution in [0.2, 0.25) is 10.0 Å². The van der Waals surface area contributed by atoms with Gasteiger partial charge in [-0.05, 0) is 62.7 Å². The number of aryl methyl sites for hydroxylation is 1. The van der Waals surface area contributed by atoms with Crippen molar-refractivity contribution < 1.29 is 19.1 Å². The second kappa shape index (κ2) is 9.28. The van der Waals surface area contributed by atoms with Gasteiger partial charge in [0.2, 0.25) is 0 Å². The van der Waals surface area contributed by atoms with Gasteiger partial charge in [0.25, 0.3) is 11.8 Å². The van der Waals surface area contributed by atoms with E-state index in [0.29, 0.717) is 55.6 Å². The summed E-state index contributed by atoms with van der Waals surface area (Å²) >= 11 is 12.8. The Morgan fingerprint density at radius 1 is 0.950 bits per heavy atom. The highest BCUT2D eigenvalue weighted by atomic mass is 35.5. The molecule has 0 bridgehead atoms. The van der Waals surface area contributed by atoms with Crippen LogP contribution in [0.25, 0.3) is 11.4 Å². The Morgan fingerprint density at radius 2 is 1.60 bits per heavy atom. The van der Waals surface area contributed by atoms with Crippen molar-refractivity contribution in [1.82, 2.24) is 9.55 Å². The number of imidazole rings is 1. The van der Waals surface area contributed by atoms with Gasteiger partial charge in [-0.1, -0.05) is 41.4 Å². The van der Waals surface area contributed by atoms with Crippen LogP contribution in [0.3, 0.4) is 0 Å². The predicted octanol–water partition coefficient (Wildman–Crippen LogP) is 6.62. The van der Waals surface area contributed by atoms with E-state index in [2.05, 4.69) is 5.32 Å². The summed E-state index contributed by atoms with van der Waals surface area (Å²) in [4.78, 5) is 35.3. The first-order chi connectivity index (χ1) is 19.1. The number of benzene rings is 3. The first-order valence-corrected chi connectivity index (χ1v) is 13.5. The van der Waals surface area contributed by atoms with Crippen molar-refractivity contribution in [1.29, 1.82) is 0 Å². The molecule has 3 aromatic carbocycles. The van der Waals surface area contributed by atoms with Gasteiger partial charge < -0.3 is 19.4 Å². The summed E-state index contributed by atoms with van der Waals surface area (Å²) in [6.45, 7) is 5.84. The van der Waals surface area contributed by atoms with Gasteiger partial charge in [0.05, 0.1) is 25.6 Å². The summed E-state index contributed by atoms with van der Waals surface area (Å²) in [6.07, 6.45) is 0. The van der Waals surface area contributed by atoms with Crippen molar-refractivity contribution in [3.8, 4) is 22.9 Å². The van der Waals surface area contributed by atoms with Gasteiger partial charge in [-0.3, -0.25) is 14.5 Å². The first-order valence-electron chi connectivity index (χ1n) is 12.7. The third-order valence-corrected chi connectivity index (χ3v) is 7.99. The van der Waals surface area contributed by atoms with Crippen molar-refractivity contribution in [3.63, 3.8) is 0 Å². The van der Waals surface area contributed by atoms with Crippen LogP contribution in [0.5, 0.6) is 11.5 Å². The number of anilines is 2. The number of carbonyl (C=O) groups is 2. The van der Waals surface area contributed by atoms with Crippen LogP contribution in [0.4, 0.5) is 11.4 Å². The number of amides is 2. The summed E-state index contributed by atoms with van der Waals surface area (Å²) < 4.78 is 13.3. The third kappa shape index (κ3) is 3.42. The Hall–Kier alpha value is -4.01. The summed E-state index contributed by atoms with van der Waals surface area (Å²) in [6, 6.07) is 15.7. The van der Waals surface area contributed by atoms with Gasteiger partial charge in [0.1, 0.15) is 22.9 Å². The molecule has 0 saturated heterocycles. The molecule has 2 aliphatic rings. The van der Waals surface area contributed by atoms with E-state index in [9.17, 15) is 9.59 Å². The Balaban J connectivity index is 1.76. The van der Waals surface area contributed by atoms with Crippen LogP contribution in [-0.4, -0.2) is 35.6 Å². The number of ether oxygens (including phenoxy) is 2. The number of aromatic nitrogens is 2. The maximum absolute atomic E-state index is 14.5. The van der Waals surface area contributed by atoms with Gasteiger partial charge >= 0.3 is 0 Å². The van der Waals surface area contributed by atoms with Crippen molar-refractivity contribution in [2.24, 2.45) is 0 Å². The number of fused-ring (bicyclic) bond motifs is 4. The normalized spacial score (nSPS) is 17.4. The van der Waals surface area contributed by atoms with Crippen LogP contribution >= 0.6 is 23.2 Å². The molecule has 1 atom stereocenters.